The number of rotatable bonds is 3. The average Bonchev–Trinajstić information content (AvgIpc) is 2.27. The number of phenolic OH excluding ortho intramolecular Hbond substituents is 1. The van der Waals surface area contributed by atoms with Crippen LogP contribution in [0.1, 0.15) is 0 Å². The first-order valence-electron chi connectivity index (χ1n) is 4.74. The Hall–Kier alpha value is -2.23. The first-order valence-corrected chi connectivity index (χ1v) is 4.74. The van der Waals surface area contributed by atoms with Gasteiger partial charge in [-0.3, -0.25) is 0 Å². The van der Waals surface area contributed by atoms with E-state index in [1.165, 1.54) is 6.07 Å². The minimum Gasteiger partial charge on any atom is -0.504 e. The number of carboxylic acids is 1. The summed E-state index contributed by atoms with van der Waals surface area (Å²) in [5, 5.41) is 19.7. The molecule has 2 aromatic rings. The minimum absolute atomic E-state index is 0.0556. The van der Waals surface area contributed by atoms with Gasteiger partial charge in [0.1, 0.15) is 0 Å². The molecule has 0 unspecified atom stereocenters. The van der Waals surface area contributed by atoms with E-state index in [-0.39, 0.29) is 11.5 Å². The third kappa shape index (κ3) is 1.91. The lowest BCUT2D eigenvalue weighted by Gasteiger charge is -2.09. The standard InChI is InChI=1S/C12H10O4/c13-10-6-5-8-3-1-2-4-9(8)12(10)16-7-11(14)15/h1-6,13H,7H2,(H,14,15). The maximum absolute atomic E-state index is 10.4. The van der Waals surface area contributed by atoms with Crippen LogP contribution >= 0.6 is 0 Å². The summed E-state index contributed by atoms with van der Waals surface area (Å²) in [7, 11) is 0. The average molecular weight is 218 g/mol. The molecule has 0 aromatic heterocycles. The molecule has 0 aliphatic carbocycles. The number of hydrogen-bond acceptors (Lipinski definition) is 3. The third-order valence-corrected chi connectivity index (χ3v) is 2.20. The van der Waals surface area contributed by atoms with Crippen molar-refractivity contribution in [1.82, 2.24) is 0 Å². The Labute approximate surface area is 91.7 Å². The van der Waals surface area contributed by atoms with Crippen LogP contribution in [0.25, 0.3) is 10.8 Å². The van der Waals surface area contributed by atoms with Crippen LogP contribution in [0, 0.1) is 0 Å². The highest BCUT2D eigenvalue weighted by atomic mass is 16.5. The Bertz CT molecular complexity index is 534. The molecule has 0 aliphatic rings. The largest absolute Gasteiger partial charge is 0.504 e. The highest BCUT2D eigenvalue weighted by molar-refractivity contribution is 5.90. The van der Waals surface area contributed by atoms with E-state index in [2.05, 4.69) is 0 Å². The van der Waals surface area contributed by atoms with Gasteiger partial charge in [0.25, 0.3) is 0 Å². The van der Waals surface area contributed by atoms with Crippen molar-refractivity contribution in [1.29, 1.82) is 0 Å². The molecule has 16 heavy (non-hydrogen) atoms. The first kappa shape index (κ1) is 10.3. The zero-order valence-electron chi connectivity index (χ0n) is 8.38. The maximum Gasteiger partial charge on any atom is 0.341 e. The lowest BCUT2D eigenvalue weighted by molar-refractivity contribution is -0.139. The van der Waals surface area contributed by atoms with Gasteiger partial charge in [0.15, 0.2) is 18.1 Å². The minimum atomic E-state index is -1.08. The molecule has 2 aromatic carbocycles. The highest BCUT2D eigenvalue weighted by Crippen LogP contribution is 2.34. The van der Waals surface area contributed by atoms with E-state index in [9.17, 15) is 9.90 Å². The second-order valence-corrected chi connectivity index (χ2v) is 3.32. The first-order chi connectivity index (χ1) is 7.68. The number of benzene rings is 2. The molecule has 0 radical (unpaired) electrons. The number of phenols is 1. The smallest absolute Gasteiger partial charge is 0.341 e. The van der Waals surface area contributed by atoms with Crippen LogP contribution in [0.2, 0.25) is 0 Å². The van der Waals surface area contributed by atoms with Crippen LogP contribution in [0.3, 0.4) is 0 Å². The van der Waals surface area contributed by atoms with E-state index in [4.69, 9.17) is 9.84 Å². The molecule has 0 spiro atoms. The molecular formula is C12H10O4. The Balaban J connectivity index is 2.48. The summed E-state index contributed by atoms with van der Waals surface area (Å²) in [5.74, 6) is -0.923. The lowest BCUT2D eigenvalue weighted by Crippen LogP contribution is -2.09. The van der Waals surface area contributed by atoms with Gasteiger partial charge in [-0.25, -0.2) is 4.79 Å². The normalized spacial score (nSPS) is 10.2. The molecule has 0 atom stereocenters. The second kappa shape index (κ2) is 4.10. The lowest BCUT2D eigenvalue weighted by atomic mass is 10.1. The van der Waals surface area contributed by atoms with Gasteiger partial charge in [0.05, 0.1) is 0 Å². The Kier molecular flexibility index (Phi) is 2.64. The van der Waals surface area contributed by atoms with Gasteiger partial charge in [0, 0.05) is 5.39 Å². The van der Waals surface area contributed by atoms with E-state index in [1.54, 1.807) is 18.2 Å². The summed E-state index contributed by atoms with van der Waals surface area (Å²) in [4.78, 5) is 10.4. The van der Waals surface area contributed by atoms with Crippen molar-refractivity contribution in [3.8, 4) is 11.5 Å². The molecule has 2 rings (SSSR count). The van der Waals surface area contributed by atoms with Crippen LogP contribution in [-0.2, 0) is 4.79 Å². The fraction of sp³-hybridized carbons (Fsp3) is 0.0833. The molecule has 4 heteroatoms. The van der Waals surface area contributed by atoms with Crippen molar-refractivity contribution >= 4 is 16.7 Å². The summed E-state index contributed by atoms with van der Waals surface area (Å²) in [6.45, 7) is -0.471. The van der Waals surface area contributed by atoms with Gasteiger partial charge in [-0.05, 0) is 11.5 Å². The van der Waals surface area contributed by atoms with E-state index in [0.717, 1.165) is 5.39 Å². The Morgan fingerprint density at radius 3 is 2.69 bits per heavy atom. The van der Waals surface area contributed by atoms with Crippen molar-refractivity contribution in [3.05, 3.63) is 36.4 Å². The number of carbonyl (C=O) groups is 1. The number of carboxylic acid groups (broad SMARTS) is 1. The van der Waals surface area contributed by atoms with E-state index in [1.807, 2.05) is 12.1 Å². The number of ether oxygens (including phenoxy) is 1. The molecule has 0 fully saturated rings. The molecular weight excluding hydrogens is 208 g/mol. The number of aliphatic carboxylic acids is 1. The summed E-state index contributed by atoms with van der Waals surface area (Å²) in [5.41, 5.74) is 0. The monoisotopic (exact) mass is 218 g/mol. The molecule has 0 amide bonds. The zero-order valence-corrected chi connectivity index (χ0v) is 8.38. The molecule has 0 bridgehead atoms. The highest BCUT2D eigenvalue weighted by Gasteiger charge is 2.09. The molecule has 0 saturated carbocycles. The van der Waals surface area contributed by atoms with E-state index >= 15 is 0 Å². The van der Waals surface area contributed by atoms with Crippen molar-refractivity contribution in [2.75, 3.05) is 6.61 Å². The van der Waals surface area contributed by atoms with Crippen molar-refractivity contribution in [2.24, 2.45) is 0 Å². The Morgan fingerprint density at radius 2 is 1.94 bits per heavy atom. The second-order valence-electron chi connectivity index (χ2n) is 3.32. The molecule has 4 nitrogen and oxygen atoms in total. The van der Waals surface area contributed by atoms with Crippen LogP contribution < -0.4 is 4.74 Å². The number of hydrogen-bond donors (Lipinski definition) is 2. The number of aromatic hydroxyl groups is 1. The van der Waals surface area contributed by atoms with Crippen molar-refractivity contribution < 1.29 is 19.7 Å². The van der Waals surface area contributed by atoms with Crippen molar-refractivity contribution in [2.45, 2.75) is 0 Å². The van der Waals surface area contributed by atoms with Gasteiger partial charge >= 0.3 is 5.97 Å². The molecule has 0 aliphatic heterocycles. The topological polar surface area (TPSA) is 66.8 Å². The summed E-state index contributed by atoms with van der Waals surface area (Å²) in [6, 6.07) is 10.5. The molecule has 0 saturated heterocycles. The SMILES string of the molecule is O=C(O)COc1c(O)ccc2ccccc12. The van der Waals surface area contributed by atoms with Crippen LogP contribution in [0.4, 0.5) is 0 Å². The van der Waals surface area contributed by atoms with Gasteiger partial charge in [-0.2, -0.15) is 0 Å². The molecule has 82 valence electrons. The van der Waals surface area contributed by atoms with Gasteiger partial charge in [-0.15, -0.1) is 0 Å². The van der Waals surface area contributed by atoms with Crippen LogP contribution in [0.15, 0.2) is 36.4 Å². The maximum atomic E-state index is 10.4. The summed E-state index contributed by atoms with van der Waals surface area (Å²) in [6.07, 6.45) is 0. The van der Waals surface area contributed by atoms with E-state index < -0.39 is 12.6 Å². The zero-order chi connectivity index (χ0) is 11.5. The van der Waals surface area contributed by atoms with Crippen LogP contribution in [0.5, 0.6) is 11.5 Å². The van der Waals surface area contributed by atoms with E-state index in [0.29, 0.717) is 5.39 Å². The Morgan fingerprint density at radius 1 is 1.19 bits per heavy atom. The summed E-state index contributed by atoms with van der Waals surface area (Å²) < 4.78 is 5.06. The predicted octanol–water partition coefficient (Wildman–Crippen LogP) is 2.01. The molecule has 0 heterocycles. The number of fused-ring (bicyclic) bond motifs is 1. The fourth-order valence-corrected chi connectivity index (χ4v) is 1.52. The quantitative estimate of drug-likeness (QED) is 0.826. The summed E-state index contributed by atoms with van der Waals surface area (Å²) >= 11 is 0. The van der Waals surface area contributed by atoms with Gasteiger partial charge in [-0.1, -0.05) is 30.3 Å². The predicted molar refractivity (Wildman–Crippen MR) is 58.7 cm³/mol. The third-order valence-electron chi connectivity index (χ3n) is 2.20. The fourth-order valence-electron chi connectivity index (χ4n) is 1.52. The van der Waals surface area contributed by atoms with Crippen LogP contribution in [-0.4, -0.2) is 22.8 Å². The van der Waals surface area contributed by atoms with Gasteiger partial charge in [0.2, 0.25) is 0 Å². The van der Waals surface area contributed by atoms with Gasteiger partial charge < -0.3 is 14.9 Å². The molecule has 2 N–H and O–H groups in total. The van der Waals surface area contributed by atoms with Crippen molar-refractivity contribution in [3.63, 3.8) is 0 Å².